The number of aryl methyl sites for hydroxylation is 1. The monoisotopic (exact) mass is 400 g/mol. The first kappa shape index (κ1) is 18.7. The molecule has 0 saturated heterocycles. The van der Waals surface area contributed by atoms with E-state index in [1.54, 1.807) is 0 Å². The van der Waals surface area contributed by atoms with Crippen molar-refractivity contribution in [1.82, 2.24) is 0 Å². The number of carbonyl (C=O) groups excluding carboxylic acids is 1. The third-order valence-electron chi connectivity index (χ3n) is 4.01. The second-order valence-corrected chi connectivity index (χ2v) is 7.22. The van der Waals surface area contributed by atoms with Gasteiger partial charge in [0.05, 0.1) is 18.2 Å². The Balaban J connectivity index is 1.74. The molecule has 0 saturated carbocycles. The van der Waals surface area contributed by atoms with Crippen LogP contribution in [0.4, 0.5) is 23.9 Å². The maximum Gasteiger partial charge on any atom is 0.416 e. The van der Waals surface area contributed by atoms with Crippen LogP contribution in [0.5, 0.6) is 0 Å². The number of methoxy groups -OCH3 is 1. The van der Waals surface area contributed by atoms with E-state index in [1.807, 2.05) is 0 Å². The number of ether oxygens (including phenoxy) is 1. The molecule has 0 atom stereocenters. The number of hydrogen-bond acceptors (Lipinski definition) is 4. The van der Waals surface area contributed by atoms with Crippen LogP contribution >= 0.6 is 23.6 Å². The summed E-state index contributed by atoms with van der Waals surface area (Å²) in [6.07, 6.45) is -1.66. The number of alkyl halides is 3. The Bertz CT molecular complexity index is 845. The summed E-state index contributed by atoms with van der Waals surface area (Å²) in [6, 6.07) is 4.55. The van der Waals surface area contributed by atoms with Gasteiger partial charge in [-0.3, -0.25) is 0 Å². The minimum absolute atomic E-state index is 0.190. The first-order valence-corrected chi connectivity index (χ1v) is 9.00. The Morgan fingerprint density at radius 1 is 1.19 bits per heavy atom. The van der Waals surface area contributed by atoms with Crippen LogP contribution in [-0.2, 0) is 23.8 Å². The zero-order chi connectivity index (χ0) is 18.9. The molecule has 0 aliphatic heterocycles. The quantitative estimate of drug-likeness (QED) is 0.570. The summed E-state index contributed by atoms with van der Waals surface area (Å²) in [5.74, 6) is -0.427. The van der Waals surface area contributed by atoms with Crippen LogP contribution in [0.25, 0.3) is 0 Å². The first-order chi connectivity index (χ1) is 12.3. The molecule has 1 aromatic carbocycles. The second kappa shape index (κ2) is 7.24. The van der Waals surface area contributed by atoms with E-state index < -0.39 is 17.7 Å². The van der Waals surface area contributed by atoms with Crippen LogP contribution < -0.4 is 10.6 Å². The maximum atomic E-state index is 12.6. The lowest BCUT2D eigenvalue weighted by molar-refractivity contribution is -0.137. The van der Waals surface area contributed by atoms with E-state index >= 15 is 0 Å². The molecular weight excluding hydrogens is 385 g/mol. The lowest BCUT2D eigenvalue weighted by Gasteiger charge is -2.12. The number of benzene rings is 1. The van der Waals surface area contributed by atoms with E-state index in [0.717, 1.165) is 41.8 Å². The highest BCUT2D eigenvalue weighted by Gasteiger charge is 2.30. The van der Waals surface area contributed by atoms with Crippen molar-refractivity contribution in [3.63, 3.8) is 0 Å². The molecule has 0 amide bonds. The molecule has 0 spiro atoms. The van der Waals surface area contributed by atoms with E-state index in [9.17, 15) is 18.0 Å². The van der Waals surface area contributed by atoms with Crippen molar-refractivity contribution in [1.29, 1.82) is 0 Å². The lowest BCUT2D eigenvalue weighted by Crippen LogP contribution is -2.20. The number of halogens is 3. The van der Waals surface area contributed by atoms with Gasteiger partial charge >= 0.3 is 12.1 Å². The second-order valence-electron chi connectivity index (χ2n) is 5.71. The summed E-state index contributed by atoms with van der Waals surface area (Å²) in [5, 5.41) is 6.57. The summed E-state index contributed by atoms with van der Waals surface area (Å²) in [6.45, 7) is 0. The van der Waals surface area contributed by atoms with E-state index in [4.69, 9.17) is 17.0 Å². The SMILES string of the molecule is COC(=O)c1c(NC(=S)Nc2ccc(C(F)(F)F)cc2)sc2c1CCC2. The zero-order valence-electron chi connectivity index (χ0n) is 13.7. The van der Waals surface area contributed by atoms with Crippen LogP contribution in [-0.4, -0.2) is 18.2 Å². The van der Waals surface area contributed by atoms with Gasteiger partial charge in [0.25, 0.3) is 0 Å². The fourth-order valence-corrected chi connectivity index (χ4v) is 4.38. The normalized spacial score (nSPS) is 13.2. The minimum Gasteiger partial charge on any atom is -0.465 e. The topological polar surface area (TPSA) is 50.4 Å². The van der Waals surface area contributed by atoms with Crippen molar-refractivity contribution in [2.45, 2.75) is 25.4 Å². The van der Waals surface area contributed by atoms with Gasteiger partial charge in [0.1, 0.15) is 5.00 Å². The van der Waals surface area contributed by atoms with Gasteiger partial charge in [0.2, 0.25) is 0 Å². The molecule has 4 nitrogen and oxygen atoms in total. The number of nitrogens with one attached hydrogen (secondary N) is 2. The average Bonchev–Trinajstić information content (AvgIpc) is 3.14. The number of rotatable bonds is 3. The van der Waals surface area contributed by atoms with E-state index in [0.29, 0.717) is 16.3 Å². The molecule has 3 rings (SSSR count). The van der Waals surface area contributed by atoms with Crippen LogP contribution in [0.2, 0.25) is 0 Å². The zero-order valence-corrected chi connectivity index (χ0v) is 15.3. The summed E-state index contributed by atoms with van der Waals surface area (Å²) >= 11 is 6.67. The Morgan fingerprint density at radius 2 is 1.88 bits per heavy atom. The highest BCUT2D eigenvalue weighted by Crippen LogP contribution is 2.39. The lowest BCUT2D eigenvalue weighted by atomic mass is 10.1. The van der Waals surface area contributed by atoms with Crippen LogP contribution in [0.15, 0.2) is 24.3 Å². The molecule has 9 heteroatoms. The van der Waals surface area contributed by atoms with Gasteiger partial charge in [-0.1, -0.05) is 0 Å². The van der Waals surface area contributed by atoms with Gasteiger partial charge in [-0.05, 0) is 61.3 Å². The summed E-state index contributed by atoms with van der Waals surface area (Å²) in [5.41, 5.74) is 1.16. The van der Waals surface area contributed by atoms with Crippen molar-refractivity contribution in [2.75, 3.05) is 17.7 Å². The smallest absolute Gasteiger partial charge is 0.416 e. The molecule has 0 bridgehead atoms. The molecule has 138 valence electrons. The molecule has 0 radical (unpaired) electrons. The number of carbonyl (C=O) groups is 1. The van der Waals surface area contributed by atoms with Gasteiger partial charge < -0.3 is 15.4 Å². The van der Waals surface area contributed by atoms with E-state index in [-0.39, 0.29) is 5.11 Å². The van der Waals surface area contributed by atoms with Crippen molar-refractivity contribution in [2.24, 2.45) is 0 Å². The fraction of sp³-hybridized carbons (Fsp3) is 0.294. The number of fused-ring (bicyclic) bond motifs is 1. The van der Waals surface area contributed by atoms with E-state index in [1.165, 1.54) is 30.6 Å². The fourth-order valence-electron chi connectivity index (χ4n) is 2.82. The van der Waals surface area contributed by atoms with Gasteiger partial charge in [0.15, 0.2) is 5.11 Å². The van der Waals surface area contributed by atoms with E-state index in [2.05, 4.69) is 10.6 Å². The Hall–Kier alpha value is -2.13. The van der Waals surface area contributed by atoms with Gasteiger partial charge in [0, 0.05) is 10.6 Å². The van der Waals surface area contributed by atoms with Gasteiger partial charge in [-0.25, -0.2) is 4.79 Å². The molecule has 1 aliphatic rings. The first-order valence-electron chi connectivity index (χ1n) is 7.77. The highest BCUT2D eigenvalue weighted by molar-refractivity contribution is 7.80. The third-order valence-corrected chi connectivity index (χ3v) is 5.42. The number of thiophene rings is 1. The third kappa shape index (κ3) is 3.83. The molecular formula is C17H15F3N2O2S2. The van der Waals surface area contributed by atoms with Crippen molar-refractivity contribution in [3.8, 4) is 0 Å². The molecule has 26 heavy (non-hydrogen) atoms. The number of esters is 1. The minimum atomic E-state index is -4.38. The molecule has 1 aliphatic carbocycles. The highest BCUT2D eigenvalue weighted by atomic mass is 32.1. The summed E-state index contributed by atoms with van der Waals surface area (Å²) < 4.78 is 42.7. The van der Waals surface area contributed by atoms with Crippen LogP contribution in [0, 0.1) is 0 Å². The number of thiocarbonyl (C=S) groups is 1. The Labute approximate surface area is 157 Å². The average molecular weight is 400 g/mol. The molecule has 1 aromatic heterocycles. The van der Waals surface area contributed by atoms with Crippen molar-refractivity contribution in [3.05, 3.63) is 45.8 Å². The molecule has 0 unspecified atom stereocenters. The van der Waals surface area contributed by atoms with Crippen molar-refractivity contribution >= 4 is 45.3 Å². The number of anilines is 2. The maximum absolute atomic E-state index is 12.6. The number of hydrogen-bond donors (Lipinski definition) is 2. The van der Waals surface area contributed by atoms with Gasteiger partial charge in [-0.15, -0.1) is 11.3 Å². The summed E-state index contributed by atoms with van der Waals surface area (Å²) in [7, 11) is 1.32. The van der Waals surface area contributed by atoms with Crippen LogP contribution in [0.3, 0.4) is 0 Å². The van der Waals surface area contributed by atoms with Gasteiger partial charge in [-0.2, -0.15) is 13.2 Å². The Kier molecular flexibility index (Phi) is 5.19. The van der Waals surface area contributed by atoms with Crippen LogP contribution in [0.1, 0.15) is 32.8 Å². The molecule has 2 aromatic rings. The standard InChI is InChI=1S/C17H15F3N2O2S2/c1-24-15(23)13-11-3-2-4-12(11)26-14(13)22-16(25)21-10-7-5-9(6-8-10)17(18,19)20/h5-8H,2-4H2,1H3,(H2,21,22,25). The van der Waals surface area contributed by atoms with Crippen molar-refractivity contribution < 1.29 is 22.7 Å². The predicted molar refractivity (Wildman–Crippen MR) is 99.0 cm³/mol. The largest absolute Gasteiger partial charge is 0.465 e. The predicted octanol–water partition coefficient (Wildman–Crippen LogP) is 4.85. The molecule has 1 heterocycles. The molecule has 2 N–H and O–H groups in total. The summed E-state index contributed by atoms with van der Waals surface area (Å²) in [4.78, 5) is 13.2. The molecule has 0 fully saturated rings. The Morgan fingerprint density at radius 3 is 2.50 bits per heavy atom.